The van der Waals surface area contributed by atoms with E-state index in [9.17, 15) is 31.1 Å². The highest BCUT2D eigenvalue weighted by atomic mass is 19.4. The van der Waals surface area contributed by atoms with E-state index in [0.29, 0.717) is 0 Å². The predicted octanol–water partition coefficient (Wildman–Crippen LogP) is 2.47. The first-order valence-electron chi connectivity index (χ1n) is 5.79. The number of hydrogen-bond acceptors (Lipinski definition) is 2. The van der Waals surface area contributed by atoms with Gasteiger partial charge in [0.2, 0.25) is 5.91 Å². The molecule has 1 amide bonds. The minimum absolute atomic E-state index is 0.158. The minimum Gasteiger partial charge on any atom is -0.351 e. The van der Waals surface area contributed by atoms with Gasteiger partial charge in [-0.3, -0.25) is 4.79 Å². The molecule has 0 saturated heterocycles. The molecule has 0 aliphatic carbocycles. The van der Waals surface area contributed by atoms with Crippen LogP contribution in [0.4, 0.5) is 26.3 Å². The summed E-state index contributed by atoms with van der Waals surface area (Å²) in [6.07, 6.45) is -9.01. The molecular weight excluding hydrogens is 302 g/mol. The summed E-state index contributed by atoms with van der Waals surface area (Å²) in [6.45, 7) is -2.39. The van der Waals surface area contributed by atoms with E-state index < -0.39 is 43.5 Å². The molecule has 0 bridgehead atoms. The Morgan fingerprint density at radius 1 is 1.05 bits per heavy atom. The van der Waals surface area contributed by atoms with Gasteiger partial charge in [-0.2, -0.15) is 26.3 Å². The van der Waals surface area contributed by atoms with Crippen LogP contribution in [0.5, 0.6) is 0 Å². The van der Waals surface area contributed by atoms with Crippen molar-refractivity contribution in [2.75, 3.05) is 13.1 Å². The van der Waals surface area contributed by atoms with Crippen LogP contribution >= 0.6 is 0 Å². The number of hydrogen-bond donors (Lipinski definition) is 2. The average Bonchev–Trinajstić information content (AvgIpc) is 2.34. The van der Waals surface area contributed by atoms with Gasteiger partial charge >= 0.3 is 12.4 Å². The molecule has 21 heavy (non-hydrogen) atoms. The number of benzene rings is 1. The molecule has 0 spiro atoms. The van der Waals surface area contributed by atoms with Crippen molar-refractivity contribution in [1.29, 1.82) is 0 Å². The first-order chi connectivity index (χ1) is 9.59. The fourth-order valence-electron chi connectivity index (χ4n) is 1.53. The van der Waals surface area contributed by atoms with Crippen LogP contribution in [0, 0.1) is 0 Å². The largest absolute Gasteiger partial charge is 0.416 e. The van der Waals surface area contributed by atoms with Crippen molar-refractivity contribution in [2.45, 2.75) is 18.9 Å². The first kappa shape index (κ1) is 17.3. The van der Waals surface area contributed by atoms with Crippen LogP contribution in [-0.2, 0) is 17.5 Å². The predicted molar refractivity (Wildman–Crippen MR) is 62.2 cm³/mol. The summed E-state index contributed by atoms with van der Waals surface area (Å²) >= 11 is 0. The van der Waals surface area contributed by atoms with Crippen molar-refractivity contribution < 1.29 is 31.1 Å². The second-order valence-corrected chi connectivity index (χ2v) is 4.15. The Morgan fingerprint density at radius 2 is 1.67 bits per heavy atom. The van der Waals surface area contributed by atoms with E-state index in [1.54, 1.807) is 0 Å². The van der Waals surface area contributed by atoms with Gasteiger partial charge in [-0.15, -0.1) is 0 Å². The van der Waals surface area contributed by atoms with E-state index in [1.807, 2.05) is 5.32 Å². The minimum atomic E-state index is -4.56. The maximum atomic E-state index is 12.7. The Morgan fingerprint density at radius 3 is 2.24 bits per heavy atom. The van der Waals surface area contributed by atoms with Crippen molar-refractivity contribution in [3.05, 3.63) is 35.4 Å². The number of alkyl halides is 6. The van der Waals surface area contributed by atoms with Gasteiger partial charge in [-0.25, -0.2) is 0 Å². The lowest BCUT2D eigenvalue weighted by Gasteiger charge is -2.13. The third-order valence-corrected chi connectivity index (χ3v) is 2.41. The molecule has 0 aliphatic heterocycles. The molecule has 2 N–H and O–H groups in total. The normalized spacial score (nSPS) is 12.3. The van der Waals surface area contributed by atoms with E-state index in [1.165, 1.54) is 18.2 Å². The lowest BCUT2D eigenvalue weighted by Crippen LogP contribution is -2.38. The zero-order valence-corrected chi connectivity index (χ0v) is 10.6. The SMILES string of the molecule is O=C(CNCC(F)(F)F)NCc1ccccc1C(F)(F)F. The highest BCUT2D eigenvalue weighted by Gasteiger charge is 2.32. The Kier molecular flexibility index (Phi) is 5.59. The second kappa shape index (κ2) is 6.79. The van der Waals surface area contributed by atoms with Crippen molar-refractivity contribution in [3.8, 4) is 0 Å². The summed E-state index contributed by atoms with van der Waals surface area (Å²) in [5.41, 5.74) is -1.05. The number of rotatable bonds is 5. The van der Waals surface area contributed by atoms with Gasteiger partial charge in [0.1, 0.15) is 0 Å². The maximum absolute atomic E-state index is 12.7. The van der Waals surface area contributed by atoms with Gasteiger partial charge < -0.3 is 10.6 Å². The summed E-state index contributed by atoms with van der Waals surface area (Å²) in [4.78, 5) is 11.2. The molecule has 0 aliphatic rings. The second-order valence-electron chi connectivity index (χ2n) is 4.15. The molecular formula is C12H12F6N2O. The van der Waals surface area contributed by atoms with Gasteiger partial charge in [0.05, 0.1) is 18.7 Å². The zero-order valence-electron chi connectivity index (χ0n) is 10.6. The maximum Gasteiger partial charge on any atom is 0.416 e. The number of nitrogens with one attached hydrogen (secondary N) is 2. The monoisotopic (exact) mass is 314 g/mol. The standard InChI is InChI=1S/C12H12F6N2O/c13-11(14,15)7-19-6-10(21)20-5-8-3-1-2-4-9(8)12(16,17)18/h1-4,19H,5-7H2,(H,20,21). The molecule has 0 saturated carbocycles. The average molecular weight is 314 g/mol. The van der Waals surface area contributed by atoms with Gasteiger partial charge in [0, 0.05) is 6.54 Å². The van der Waals surface area contributed by atoms with E-state index in [4.69, 9.17) is 0 Å². The van der Waals surface area contributed by atoms with Crippen LogP contribution in [0.2, 0.25) is 0 Å². The summed E-state index contributed by atoms with van der Waals surface area (Å²) in [6, 6.07) is 4.63. The van der Waals surface area contributed by atoms with E-state index >= 15 is 0 Å². The van der Waals surface area contributed by atoms with Gasteiger partial charge in [-0.05, 0) is 11.6 Å². The van der Waals surface area contributed by atoms with Gasteiger partial charge in [-0.1, -0.05) is 18.2 Å². The summed E-state index contributed by atoms with van der Waals surface area (Å²) in [7, 11) is 0. The van der Waals surface area contributed by atoms with Crippen LogP contribution < -0.4 is 10.6 Å². The van der Waals surface area contributed by atoms with Crippen molar-refractivity contribution in [3.63, 3.8) is 0 Å². The lowest BCUT2D eigenvalue weighted by atomic mass is 10.1. The van der Waals surface area contributed by atoms with Crippen molar-refractivity contribution in [1.82, 2.24) is 10.6 Å². The fraction of sp³-hybridized carbons (Fsp3) is 0.417. The van der Waals surface area contributed by atoms with Crippen molar-refractivity contribution in [2.24, 2.45) is 0 Å². The summed E-state index contributed by atoms with van der Waals surface area (Å²) < 4.78 is 73.4. The smallest absolute Gasteiger partial charge is 0.351 e. The molecule has 0 unspecified atom stereocenters. The van der Waals surface area contributed by atoms with Crippen LogP contribution in [0.1, 0.15) is 11.1 Å². The molecule has 118 valence electrons. The number of halogens is 6. The molecule has 9 heteroatoms. The molecule has 0 radical (unpaired) electrons. The highest BCUT2D eigenvalue weighted by molar-refractivity contribution is 5.78. The number of carbonyl (C=O) groups excluding carboxylic acids is 1. The molecule has 0 atom stereocenters. The van der Waals surface area contributed by atoms with Crippen LogP contribution in [0.25, 0.3) is 0 Å². The Bertz CT molecular complexity index is 483. The highest BCUT2D eigenvalue weighted by Crippen LogP contribution is 2.31. The summed E-state index contributed by atoms with van der Waals surface area (Å²) in [5.74, 6) is -0.823. The zero-order chi connectivity index (χ0) is 16.1. The van der Waals surface area contributed by atoms with Gasteiger partial charge in [0.25, 0.3) is 0 Å². The third kappa shape index (κ3) is 6.48. The third-order valence-electron chi connectivity index (χ3n) is 2.41. The fourth-order valence-corrected chi connectivity index (χ4v) is 1.53. The quantitative estimate of drug-likeness (QED) is 0.820. The Labute approximate surface area is 116 Å². The molecule has 0 heterocycles. The van der Waals surface area contributed by atoms with Crippen LogP contribution in [0.15, 0.2) is 24.3 Å². The van der Waals surface area contributed by atoms with Crippen molar-refractivity contribution >= 4 is 5.91 Å². The van der Waals surface area contributed by atoms with E-state index in [-0.39, 0.29) is 5.56 Å². The number of amides is 1. The first-order valence-corrected chi connectivity index (χ1v) is 5.79. The molecule has 1 aromatic rings. The van der Waals surface area contributed by atoms with E-state index in [0.717, 1.165) is 6.07 Å². The lowest BCUT2D eigenvalue weighted by molar-refractivity contribution is -0.138. The molecule has 3 nitrogen and oxygen atoms in total. The van der Waals surface area contributed by atoms with Gasteiger partial charge in [0.15, 0.2) is 0 Å². The Hall–Kier alpha value is -1.77. The number of carbonyl (C=O) groups is 1. The van der Waals surface area contributed by atoms with Crippen LogP contribution in [-0.4, -0.2) is 25.2 Å². The Balaban J connectivity index is 2.51. The topological polar surface area (TPSA) is 41.1 Å². The molecule has 0 fully saturated rings. The van der Waals surface area contributed by atoms with E-state index in [2.05, 4.69) is 5.32 Å². The molecule has 1 aromatic carbocycles. The molecule has 1 rings (SSSR count). The molecule has 0 aromatic heterocycles. The van der Waals surface area contributed by atoms with Crippen LogP contribution in [0.3, 0.4) is 0 Å². The summed E-state index contributed by atoms with van der Waals surface area (Å²) in [5, 5.41) is 3.98.